The number of hydrogen-bond acceptors (Lipinski definition) is 5. The van der Waals surface area contributed by atoms with Gasteiger partial charge in [0.25, 0.3) is 5.91 Å². The molecule has 1 aliphatic rings. The first-order valence-corrected chi connectivity index (χ1v) is 12.1. The van der Waals surface area contributed by atoms with Crippen molar-refractivity contribution in [2.24, 2.45) is 0 Å². The number of benzene rings is 3. The van der Waals surface area contributed by atoms with E-state index in [1.165, 1.54) is 12.1 Å². The van der Waals surface area contributed by atoms with Gasteiger partial charge in [-0.05, 0) is 49.2 Å². The second-order valence-electron chi connectivity index (χ2n) is 7.94. The van der Waals surface area contributed by atoms with E-state index in [-0.39, 0.29) is 16.8 Å². The van der Waals surface area contributed by atoms with Gasteiger partial charge in [-0.15, -0.1) is 0 Å². The molecule has 1 amide bonds. The van der Waals surface area contributed by atoms with Gasteiger partial charge in [0.1, 0.15) is 0 Å². The molecule has 3 aromatic carbocycles. The van der Waals surface area contributed by atoms with Crippen LogP contribution in [0.2, 0.25) is 0 Å². The molecular formula is C25H22N4O3S. The van der Waals surface area contributed by atoms with Crippen LogP contribution < -0.4 is 15.6 Å². The molecular weight excluding hydrogens is 436 g/mol. The van der Waals surface area contributed by atoms with E-state index in [2.05, 4.69) is 15.6 Å². The number of amides is 1. The van der Waals surface area contributed by atoms with Gasteiger partial charge < -0.3 is 0 Å². The van der Waals surface area contributed by atoms with E-state index >= 15 is 0 Å². The van der Waals surface area contributed by atoms with Gasteiger partial charge in [0.15, 0.2) is 0 Å². The second-order valence-corrected chi connectivity index (χ2v) is 9.65. The lowest BCUT2D eigenvalue weighted by Gasteiger charge is -2.12. The minimum absolute atomic E-state index is 0.0445. The summed E-state index contributed by atoms with van der Waals surface area (Å²) in [5, 5.41) is 0.740. The van der Waals surface area contributed by atoms with Gasteiger partial charge in [-0.1, -0.05) is 48.5 Å². The predicted molar refractivity (Wildman–Crippen MR) is 128 cm³/mol. The van der Waals surface area contributed by atoms with E-state index in [1.807, 2.05) is 54.6 Å². The Balaban J connectivity index is 1.36. The average Bonchev–Trinajstić information content (AvgIpc) is 3.66. The van der Waals surface area contributed by atoms with Crippen molar-refractivity contribution in [3.8, 4) is 11.3 Å². The molecule has 33 heavy (non-hydrogen) atoms. The van der Waals surface area contributed by atoms with Crippen LogP contribution in [0.25, 0.3) is 22.2 Å². The van der Waals surface area contributed by atoms with Gasteiger partial charge in [0, 0.05) is 17.0 Å². The smallest absolute Gasteiger partial charge is 0.270 e. The number of rotatable bonds is 7. The summed E-state index contributed by atoms with van der Waals surface area (Å²) in [6.07, 6.45) is 1.75. The zero-order valence-electron chi connectivity index (χ0n) is 17.7. The van der Waals surface area contributed by atoms with E-state index in [9.17, 15) is 13.2 Å². The highest BCUT2D eigenvalue weighted by Gasteiger charge is 2.27. The number of carbonyl (C=O) groups excluding carboxylic acids is 1. The number of nitrogens with zero attached hydrogens (tertiary/aromatic N) is 1. The molecule has 4 aromatic rings. The van der Waals surface area contributed by atoms with E-state index in [0.29, 0.717) is 16.9 Å². The van der Waals surface area contributed by atoms with Gasteiger partial charge in [-0.25, -0.2) is 18.1 Å². The number of pyridine rings is 1. The molecule has 0 bridgehead atoms. The Morgan fingerprint density at radius 1 is 0.879 bits per heavy atom. The Morgan fingerprint density at radius 2 is 1.58 bits per heavy atom. The first-order valence-electron chi connectivity index (χ1n) is 10.6. The standard InChI is InChI=1S/C25H22N4O3S/c30-25(28-27-18-12-14-20(15-13-18)33(31,32)29-19-10-11-19)22-16-24(17-6-2-1-3-7-17)26-23-9-5-4-8-21(22)23/h1-9,12-16,19,27,29H,10-11H2,(H,28,30). The normalized spacial score (nSPS) is 13.6. The molecule has 0 radical (unpaired) electrons. The van der Waals surface area contributed by atoms with Crippen LogP contribution in [0, 0.1) is 0 Å². The Kier molecular flexibility index (Phi) is 5.53. The van der Waals surface area contributed by atoms with Crippen molar-refractivity contribution < 1.29 is 13.2 Å². The fraction of sp³-hybridized carbons (Fsp3) is 0.120. The number of hydrogen-bond donors (Lipinski definition) is 3. The van der Waals surface area contributed by atoms with Crippen LogP contribution in [0.3, 0.4) is 0 Å². The highest BCUT2D eigenvalue weighted by atomic mass is 32.2. The van der Waals surface area contributed by atoms with E-state index in [4.69, 9.17) is 4.98 Å². The lowest BCUT2D eigenvalue weighted by atomic mass is 10.0. The first-order chi connectivity index (χ1) is 16.0. The Bertz CT molecular complexity index is 1420. The molecule has 5 rings (SSSR count). The van der Waals surface area contributed by atoms with Crippen LogP contribution >= 0.6 is 0 Å². The van der Waals surface area contributed by atoms with E-state index in [0.717, 1.165) is 29.3 Å². The Hall–Kier alpha value is -3.75. The zero-order valence-corrected chi connectivity index (χ0v) is 18.5. The lowest BCUT2D eigenvalue weighted by Crippen LogP contribution is -2.29. The van der Waals surface area contributed by atoms with Gasteiger partial charge in [-0.3, -0.25) is 15.6 Å². The highest BCUT2D eigenvalue weighted by molar-refractivity contribution is 7.89. The number of sulfonamides is 1. The molecule has 1 heterocycles. The van der Waals surface area contributed by atoms with E-state index in [1.54, 1.807) is 18.2 Å². The summed E-state index contributed by atoms with van der Waals surface area (Å²) < 4.78 is 27.3. The number of fused-ring (bicyclic) bond motifs is 1. The zero-order chi connectivity index (χ0) is 22.8. The lowest BCUT2D eigenvalue weighted by molar-refractivity contribution is 0.0964. The van der Waals surface area contributed by atoms with Crippen molar-refractivity contribution in [3.05, 3.63) is 90.5 Å². The summed E-state index contributed by atoms with van der Waals surface area (Å²) in [5.74, 6) is -0.321. The summed E-state index contributed by atoms with van der Waals surface area (Å²) in [6, 6.07) is 25.2. The molecule has 3 N–H and O–H groups in total. The third kappa shape index (κ3) is 4.72. The van der Waals surface area contributed by atoms with Crippen molar-refractivity contribution in [1.29, 1.82) is 0 Å². The maximum atomic E-state index is 13.1. The molecule has 0 atom stereocenters. The Morgan fingerprint density at radius 3 is 2.30 bits per heavy atom. The molecule has 166 valence electrons. The molecule has 0 aliphatic heterocycles. The van der Waals surface area contributed by atoms with Crippen molar-refractivity contribution in [3.63, 3.8) is 0 Å². The molecule has 0 saturated heterocycles. The molecule has 1 fully saturated rings. The minimum Gasteiger partial charge on any atom is -0.298 e. The molecule has 1 aliphatic carbocycles. The second kappa shape index (κ2) is 8.65. The van der Waals surface area contributed by atoms with Crippen LogP contribution in [0.5, 0.6) is 0 Å². The summed E-state index contributed by atoms with van der Waals surface area (Å²) >= 11 is 0. The van der Waals surface area contributed by atoms with Gasteiger partial charge in [0.2, 0.25) is 10.0 Å². The fourth-order valence-corrected chi connectivity index (χ4v) is 4.83. The maximum absolute atomic E-state index is 13.1. The number of hydrazine groups is 1. The van der Waals surface area contributed by atoms with Crippen LogP contribution in [0.1, 0.15) is 23.2 Å². The number of nitrogens with one attached hydrogen (secondary N) is 3. The molecule has 1 saturated carbocycles. The number of para-hydroxylation sites is 1. The summed E-state index contributed by atoms with van der Waals surface area (Å²) in [4.78, 5) is 18.0. The number of anilines is 1. The topological polar surface area (TPSA) is 100 Å². The molecule has 0 spiro atoms. The van der Waals surface area contributed by atoms with Crippen molar-refractivity contribution in [2.45, 2.75) is 23.8 Å². The third-order valence-corrected chi connectivity index (χ3v) is 6.95. The van der Waals surface area contributed by atoms with Gasteiger partial charge >= 0.3 is 0 Å². The van der Waals surface area contributed by atoms with Crippen molar-refractivity contribution in [1.82, 2.24) is 15.1 Å². The van der Waals surface area contributed by atoms with Gasteiger partial charge in [0.05, 0.1) is 27.4 Å². The molecule has 1 aromatic heterocycles. The maximum Gasteiger partial charge on any atom is 0.270 e. The van der Waals surface area contributed by atoms with Crippen LogP contribution in [0.4, 0.5) is 5.69 Å². The minimum atomic E-state index is -3.52. The summed E-state index contributed by atoms with van der Waals surface area (Å²) in [7, 11) is -3.52. The van der Waals surface area contributed by atoms with Gasteiger partial charge in [-0.2, -0.15) is 0 Å². The summed E-state index contributed by atoms with van der Waals surface area (Å²) in [6.45, 7) is 0. The summed E-state index contributed by atoms with van der Waals surface area (Å²) in [5.41, 5.74) is 8.97. The Labute approximate surface area is 191 Å². The largest absolute Gasteiger partial charge is 0.298 e. The predicted octanol–water partition coefficient (Wildman–Crippen LogP) is 4.10. The third-order valence-electron chi connectivity index (χ3n) is 5.41. The number of carbonyl (C=O) groups is 1. The van der Waals surface area contributed by atoms with E-state index < -0.39 is 10.0 Å². The quantitative estimate of drug-likeness (QED) is 0.362. The van der Waals surface area contributed by atoms with Crippen LogP contribution in [-0.4, -0.2) is 25.4 Å². The molecule has 0 unspecified atom stereocenters. The average molecular weight is 459 g/mol. The highest BCUT2D eigenvalue weighted by Crippen LogP contribution is 2.25. The SMILES string of the molecule is O=C(NNc1ccc(S(=O)(=O)NC2CC2)cc1)c1cc(-c2ccccc2)nc2ccccc12. The monoisotopic (exact) mass is 458 g/mol. The fourth-order valence-electron chi connectivity index (χ4n) is 3.52. The number of aromatic nitrogens is 1. The van der Waals surface area contributed by atoms with Crippen molar-refractivity contribution >= 4 is 32.5 Å². The molecule has 7 nitrogen and oxygen atoms in total. The van der Waals surface area contributed by atoms with Crippen molar-refractivity contribution in [2.75, 3.05) is 5.43 Å². The molecule has 8 heteroatoms. The first kappa shape index (κ1) is 21.1. The van der Waals surface area contributed by atoms with Crippen LogP contribution in [-0.2, 0) is 10.0 Å². The van der Waals surface area contributed by atoms with Crippen LogP contribution in [0.15, 0.2) is 89.8 Å².